The predicted octanol–water partition coefficient (Wildman–Crippen LogP) is 6.27. The van der Waals surface area contributed by atoms with Crippen molar-refractivity contribution in [1.29, 1.82) is 0 Å². The Morgan fingerprint density at radius 3 is 2.35 bits per heavy atom. The molecular formula is C21H18Cl2F5NO2. The number of benzene rings is 2. The Morgan fingerprint density at radius 1 is 1.13 bits per heavy atom. The number of carbonyl (C=O) groups excluding carboxylic acids is 1. The first-order valence-electron chi connectivity index (χ1n) is 9.41. The van der Waals surface area contributed by atoms with Crippen molar-refractivity contribution in [3.05, 3.63) is 69.0 Å². The van der Waals surface area contributed by atoms with Gasteiger partial charge in [-0.3, -0.25) is 4.79 Å². The van der Waals surface area contributed by atoms with E-state index in [9.17, 15) is 31.9 Å². The van der Waals surface area contributed by atoms with Crippen molar-refractivity contribution in [1.82, 2.24) is 5.32 Å². The quantitative estimate of drug-likeness (QED) is 0.505. The lowest BCUT2D eigenvalue weighted by Crippen LogP contribution is -2.49. The summed E-state index contributed by atoms with van der Waals surface area (Å²) in [5.41, 5.74) is -3.89. The maximum absolute atomic E-state index is 14.1. The van der Waals surface area contributed by atoms with Crippen LogP contribution in [0.2, 0.25) is 10.0 Å². The highest BCUT2D eigenvalue weighted by Gasteiger charge is 2.44. The molecule has 0 saturated heterocycles. The molecule has 10 heteroatoms. The third-order valence-electron chi connectivity index (χ3n) is 5.43. The zero-order valence-corrected chi connectivity index (χ0v) is 17.5. The molecule has 0 aromatic heterocycles. The summed E-state index contributed by atoms with van der Waals surface area (Å²) in [7, 11) is 0. The SMILES string of the molecule is O=C(NC(c1cccc(F)c1Cl)[C@]1(O)CC[C@H](F)CC1)c1c(Cl)cccc1C(F)(F)F. The van der Waals surface area contributed by atoms with E-state index in [0.717, 1.165) is 18.2 Å². The maximum atomic E-state index is 14.1. The molecule has 2 aromatic carbocycles. The van der Waals surface area contributed by atoms with Crippen LogP contribution in [-0.4, -0.2) is 22.8 Å². The fourth-order valence-electron chi connectivity index (χ4n) is 3.81. The van der Waals surface area contributed by atoms with Crippen LogP contribution < -0.4 is 5.32 Å². The molecule has 3 rings (SSSR count). The van der Waals surface area contributed by atoms with Gasteiger partial charge in [0.05, 0.1) is 32.8 Å². The first kappa shape index (κ1) is 23.8. The number of aliphatic hydroxyl groups is 1. The van der Waals surface area contributed by atoms with Crippen LogP contribution in [-0.2, 0) is 6.18 Å². The number of nitrogens with one attached hydrogen (secondary N) is 1. The van der Waals surface area contributed by atoms with E-state index in [4.69, 9.17) is 23.2 Å². The van der Waals surface area contributed by atoms with E-state index < -0.39 is 56.9 Å². The van der Waals surface area contributed by atoms with E-state index in [1.807, 2.05) is 0 Å². The average Bonchev–Trinajstić information content (AvgIpc) is 2.70. The van der Waals surface area contributed by atoms with E-state index >= 15 is 0 Å². The molecule has 0 spiro atoms. The number of hydrogen-bond donors (Lipinski definition) is 2. The molecule has 0 aliphatic heterocycles. The van der Waals surface area contributed by atoms with Gasteiger partial charge in [-0.1, -0.05) is 41.4 Å². The Labute approximate surface area is 185 Å². The fraction of sp³-hybridized carbons (Fsp3) is 0.381. The van der Waals surface area contributed by atoms with Crippen LogP contribution in [0.5, 0.6) is 0 Å². The van der Waals surface area contributed by atoms with Crippen molar-refractivity contribution in [3.63, 3.8) is 0 Å². The molecule has 1 aliphatic carbocycles. The molecule has 2 N–H and O–H groups in total. The summed E-state index contributed by atoms with van der Waals surface area (Å²) >= 11 is 11.9. The Kier molecular flexibility index (Phi) is 6.84. The highest BCUT2D eigenvalue weighted by molar-refractivity contribution is 6.34. The average molecular weight is 482 g/mol. The van der Waals surface area contributed by atoms with Crippen LogP contribution in [0.1, 0.15) is 53.2 Å². The molecule has 1 fully saturated rings. The number of alkyl halides is 4. The standard InChI is InChI=1S/C21H18Cl2F5NO2/c22-14-5-2-4-13(21(26,27)28)16(14)19(30)29-18(12-3-1-6-15(25)17(12)23)20(31)9-7-11(24)8-10-20/h1-6,11,18,31H,7-10H2,(H,29,30)/t11-,18?,20-. The minimum atomic E-state index is -4.87. The lowest BCUT2D eigenvalue weighted by Gasteiger charge is -2.41. The van der Waals surface area contributed by atoms with E-state index in [1.54, 1.807) is 0 Å². The Bertz CT molecular complexity index is 975. The summed E-state index contributed by atoms with van der Waals surface area (Å²) in [6.45, 7) is 0. The van der Waals surface area contributed by atoms with E-state index in [0.29, 0.717) is 6.07 Å². The van der Waals surface area contributed by atoms with Crippen LogP contribution >= 0.6 is 23.2 Å². The van der Waals surface area contributed by atoms with Crippen LogP contribution in [0.25, 0.3) is 0 Å². The summed E-state index contributed by atoms with van der Waals surface area (Å²) in [5, 5.41) is 12.7. The van der Waals surface area contributed by atoms with Gasteiger partial charge < -0.3 is 10.4 Å². The number of rotatable bonds is 4. The van der Waals surface area contributed by atoms with Crippen LogP contribution in [0.4, 0.5) is 22.0 Å². The monoisotopic (exact) mass is 481 g/mol. The van der Waals surface area contributed by atoms with E-state index in [2.05, 4.69) is 5.32 Å². The summed E-state index contributed by atoms with van der Waals surface area (Å²) in [5.74, 6) is -2.06. The minimum Gasteiger partial charge on any atom is -0.387 e. The Morgan fingerprint density at radius 2 is 1.74 bits per heavy atom. The predicted molar refractivity (Wildman–Crippen MR) is 106 cm³/mol. The third-order valence-corrected chi connectivity index (χ3v) is 6.15. The normalized spacial score (nSPS) is 22.8. The van der Waals surface area contributed by atoms with Gasteiger partial charge in [-0.15, -0.1) is 0 Å². The van der Waals surface area contributed by atoms with Crippen LogP contribution in [0.15, 0.2) is 36.4 Å². The molecule has 0 heterocycles. The molecule has 1 unspecified atom stereocenters. The second kappa shape index (κ2) is 8.92. The van der Waals surface area contributed by atoms with Gasteiger partial charge in [0.2, 0.25) is 0 Å². The number of hydrogen-bond acceptors (Lipinski definition) is 2. The van der Waals surface area contributed by atoms with Crippen molar-refractivity contribution < 1.29 is 31.9 Å². The van der Waals surface area contributed by atoms with E-state index in [-0.39, 0.29) is 31.2 Å². The number of halogens is 7. The lowest BCUT2D eigenvalue weighted by atomic mass is 9.76. The Hall–Kier alpha value is -1.90. The van der Waals surface area contributed by atoms with Gasteiger partial charge in [-0.2, -0.15) is 13.2 Å². The van der Waals surface area contributed by atoms with Crippen molar-refractivity contribution in [3.8, 4) is 0 Å². The summed E-state index contributed by atoms with van der Waals surface area (Å²) in [6.07, 6.45) is -6.32. The smallest absolute Gasteiger partial charge is 0.387 e. The van der Waals surface area contributed by atoms with Gasteiger partial charge in [0.15, 0.2) is 0 Å². The van der Waals surface area contributed by atoms with Crippen LogP contribution in [0, 0.1) is 5.82 Å². The Balaban J connectivity index is 2.06. The maximum Gasteiger partial charge on any atom is 0.417 e. The highest BCUT2D eigenvalue weighted by atomic mass is 35.5. The topological polar surface area (TPSA) is 49.3 Å². The van der Waals surface area contributed by atoms with Gasteiger partial charge >= 0.3 is 6.18 Å². The highest BCUT2D eigenvalue weighted by Crippen LogP contribution is 2.43. The lowest BCUT2D eigenvalue weighted by molar-refractivity contribution is -0.137. The molecule has 168 valence electrons. The zero-order valence-electron chi connectivity index (χ0n) is 15.9. The molecule has 0 bridgehead atoms. The van der Waals surface area contributed by atoms with Crippen molar-refractivity contribution >= 4 is 29.1 Å². The van der Waals surface area contributed by atoms with Crippen LogP contribution in [0.3, 0.4) is 0 Å². The summed E-state index contributed by atoms with van der Waals surface area (Å²) in [6, 6.07) is 5.17. The molecule has 1 saturated carbocycles. The molecule has 0 radical (unpaired) electrons. The molecule has 1 atom stereocenters. The number of amides is 1. The van der Waals surface area contributed by atoms with Gasteiger partial charge in [-0.05, 0) is 49.4 Å². The molecule has 3 nitrogen and oxygen atoms in total. The van der Waals surface area contributed by atoms with Crippen molar-refractivity contribution in [2.75, 3.05) is 0 Å². The fourth-order valence-corrected chi connectivity index (χ4v) is 4.31. The molecular weight excluding hydrogens is 464 g/mol. The third kappa shape index (κ3) is 4.96. The van der Waals surface area contributed by atoms with E-state index in [1.165, 1.54) is 12.1 Å². The largest absolute Gasteiger partial charge is 0.417 e. The minimum absolute atomic E-state index is 0.0320. The molecule has 2 aromatic rings. The van der Waals surface area contributed by atoms with Gasteiger partial charge in [0, 0.05) is 0 Å². The second-order valence-electron chi connectivity index (χ2n) is 7.49. The van der Waals surface area contributed by atoms with Crippen molar-refractivity contribution in [2.45, 2.75) is 49.7 Å². The first-order chi connectivity index (χ1) is 14.4. The number of carbonyl (C=O) groups is 1. The molecule has 31 heavy (non-hydrogen) atoms. The van der Waals surface area contributed by atoms with Gasteiger partial charge in [0.1, 0.15) is 12.0 Å². The van der Waals surface area contributed by atoms with Gasteiger partial charge in [-0.25, -0.2) is 8.78 Å². The first-order valence-corrected chi connectivity index (χ1v) is 10.2. The molecule has 1 aliphatic rings. The zero-order chi connectivity index (χ0) is 23.0. The van der Waals surface area contributed by atoms with Crippen molar-refractivity contribution in [2.24, 2.45) is 0 Å². The summed E-state index contributed by atoms with van der Waals surface area (Å²) < 4.78 is 68.1. The second-order valence-corrected chi connectivity index (χ2v) is 8.27. The molecule has 1 amide bonds. The summed E-state index contributed by atoms with van der Waals surface area (Å²) in [4.78, 5) is 12.9. The van der Waals surface area contributed by atoms with Gasteiger partial charge in [0.25, 0.3) is 5.91 Å².